The Balaban J connectivity index is 1.87. The molecule has 0 aromatic heterocycles. The highest BCUT2D eigenvalue weighted by molar-refractivity contribution is 14.1. The fourth-order valence-electron chi connectivity index (χ4n) is 2.83. The Hall–Kier alpha value is -3.96. The third kappa shape index (κ3) is 6.34. The second kappa shape index (κ2) is 11.0. The van der Waals surface area contributed by atoms with Crippen LogP contribution in [0.3, 0.4) is 0 Å². The van der Waals surface area contributed by atoms with Gasteiger partial charge in [0, 0.05) is 15.7 Å². The summed E-state index contributed by atoms with van der Waals surface area (Å²) in [4.78, 5) is 22.4. The number of non-ortho nitro benzene ring substituents is 1. The van der Waals surface area contributed by atoms with Gasteiger partial charge >= 0.3 is 10.1 Å². The largest absolute Gasteiger partial charge is 0.493 e. The molecule has 0 atom stereocenters. The fraction of sp³-hybridized carbons (Fsp3) is 0.0435. The van der Waals surface area contributed by atoms with Gasteiger partial charge in [0.05, 0.1) is 17.7 Å². The molecule has 3 aromatic carbocycles. The summed E-state index contributed by atoms with van der Waals surface area (Å²) in [5, 5.41) is 23.1. The topological polar surface area (TPSA) is 149 Å². The summed E-state index contributed by atoms with van der Waals surface area (Å²) >= 11 is 2.06. The molecule has 0 spiro atoms. The summed E-state index contributed by atoms with van der Waals surface area (Å²) in [5.74, 6) is -0.801. The Bertz CT molecular complexity index is 1480. The van der Waals surface area contributed by atoms with Crippen LogP contribution in [0.4, 0.5) is 11.4 Å². The molecule has 178 valence electrons. The molecule has 0 radical (unpaired) electrons. The van der Waals surface area contributed by atoms with Crippen LogP contribution in [0.25, 0.3) is 6.08 Å². The highest BCUT2D eigenvalue weighted by atomic mass is 127. The number of hydrogen-bond acceptors (Lipinski definition) is 8. The third-order valence-corrected chi connectivity index (χ3v) is 6.67. The first kappa shape index (κ1) is 25.7. The Morgan fingerprint density at radius 1 is 1.11 bits per heavy atom. The minimum Gasteiger partial charge on any atom is -0.493 e. The lowest BCUT2D eigenvalue weighted by Crippen LogP contribution is -2.14. The van der Waals surface area contributed by atoms with Crippen molar-refractivity contribution in [1.82, 2.24) is 0 Å². The van der Waals surface area contributed by atoms with Crippen molar-refractivity contribution in [2.75, 3.05) is 12.4 Å². The van der Waals surface area contributed by atoms with Crippen molar-refractivity contribution < 1.29 is 27.1 Å². The van der Waals surface area contributed by atoms with E-state index in [1.54, 1.807) is 18.2 Å². The van der Waals surface area contributed by atoms with Crippen LogP contribution in [0.2, 0.25) is 0 Å². The molecule has 0 bridgehead atoms. The van der Waals surface area contributed by atoms with Gasteiger partial charge in [-0.05, 0) is 64.6 Å². The lowest BCUT2D eigenvalue weighted by Gasteiger charge is -2.11. The number of benzene rings is 3. The minimum atomic E-state index is -4.41. The maximum atomic E-state index is 12.6. The fourth-order valence-corrected chi connectivity index (χ4v) is 4.33. The number of nitrogens with one attached hydrogen (secondary N) is 1. The second-order valence-electron chi connectivity index (χ2n) is 6.81. The van der Waals surface area contributed by atoms with Gasteiger partial charge in [0.1, 0.15) is 16.5 Å². The molecule has 10 nitrogen and oxygen atoms in total. The van der Waals surface area contributed by atoms with Crippen molar-refractivity contribution in [3.05, 3.63) is 91.6 Å². The standard InChI is InChI=1S/C23H16IN3O7S/c1-33-22-12-15(11-16(14-25)23(28)26-20-8-3-2-7-19(20)24)9-10-21(22)34-35(31,32)18-6-4-5-17(13-18)27(29)30/h2-13H,1H3,(H,26,28)/b16-11-. The van der Waals surface area contributed by atoms with Gasteiger partial charge in [0.2, 0.25) is 0 Å². The Morgan fingerprint density at radius 2 is 1.86 bits per heavy atom. The molecule has 3 rings (SSSR count). The van der Waals surface area contributed by atoms with Gasteiger partial charge in [0.15, 0.2) is 11.5 Å². The minimum absolute atomic E-state index is 0.00283. The molecule has 0 unspecified atom stereocenters. The van der Waals surface area contributed by atoms with Crippen LogP contribution >= 0.6 is 22.6 Å². The molecule has 0 saturated heterocycles. The molecule has 0 fully saturated rings. The van der Waals surface area contributed by atoms with E-state index in [0.29, 0.717) is 11.3 Å². The molecule has 0 aliphatic heterocycles. The van der Waals surface area contributed by atoms with E-state index in [2.05, 4.69) is 27.9 Å². The third-order valence-electron chi connectivity index (χ3n) is 4.50. The van der Waals surface area contributed by atoms with Crippen molar-refractivity contribution in [2.24, 2.45) is 0 Å². The van der Waals surface area contributed by atoms with Gasteiger partial charge in [-0.15, -0.1) is 0 Å². The van der Waals surface area contributed by atoms with Crippen molar-refractivity contribution in [3.63, 3.8) is 0 Å². The van der Waals surface area contributed by atoms with Gasteiger partial charge in [-0.3, -0.25) is 14.9 Å². The zero-order valence-corrected chi connectivity index (χ0v) is 20.9. The van der Waals surface area contributed by atoms with E-state index in [1.807, 2.05) is 12.1 Å². The molecule has 0 aliphatic carbocycles. The normalized spacial score (nSPS) is 11.3. The van der Waals surface area contributed by atoms with Crippen molar-refractivity contribution >= 4 is 56.1 Å². The van der Waals surface area contributed by atoms with Crippen molar-refractivity contribution in [2.45, 2.75) is 4.90 Å². The first-order valence-electron chi connectivity index (χ1n) is 9.69. The molecule has 1 amide bonds. The van der Waals surface area contributed by atoms with Crippen LogP contribution in [-0.2, 0) is 14.9 Å². The molecule has 1 N–H and O–H groups in total. The molecule has 0 saturated carbocycles. The molecule has 3 aromatic rings. The van der Waals surface area contributed by atoms with Crippen LogP contribution in [0.15, 0.2) is 77.2 Å². The SMILES string of the molecule is COc1cc(/C=C(/C#N)C(=O)Nc2ccccc2I)ccc1OS(=O)(=O)c1cccc([N+](=O)[O-])c1. The van der Waals surface area contributed by atoms with Gasteiger partial charge < -0.3 is 14.2 Å². The predicted octanol–water partition coefficient (Wildman–Crippen LogP) is 4.52. The first-order valence-corrected chi connectivity index (χ1v) is 12.2. The predicted molar refractivity (Wildman–Crippen MR) is 135 cm³/mol. The van der Waals surface area contributed by atoms with Gasteiger partial charge in [0.25, 0.3) is 11.6 Å². The summed E-state index contributed by atoms with van der Waals surface area (Å²) in [5.41, 5.74) is 0.322. The number of methoxy groups -OCH3 is 1. The molecule has 12 heteroatoms. The maximum absolute atomic E-state index is 12.6. The van der Waals surface area contributed by atoms with E-state index >= 15 is 0 Å². The molecular formula is C23H16IN3O7S. The van der Waals surface area contributed by atoms with Crippen LogP contribution in [-0.4, -0.2) is 26.4 Å². The number of para-hydroxylation sites is 1. The zero-order chi connectivity index (χ0) is 25.6. The quantitative estimate of drug-likeness (QED) is 0.0984. The number of carbonyl (C=O) groups is 1. The summed E-state index contributed by atoms with van der Waals surface area (Å²) in [7, 11) is -3.13. The number of nitrogens with zero attached hydrogens (tertiary/aromatic N) is 2. The summed E-state index contributed by atoms with van der Waals surface area (Å²) in [6, 6.07) is 17.4. The average molecular weight is 605 g/mol. The van der Waals surface area contributed by atoms with Crippen molar-refractivity contribution in [3.8, 4) is 17.6 Å². The van der Waals surface area contributed by atoms with Crippen LogP contribution in [0.5, 0.6) is 11.5 Å². The summed E-state index contributed by atoms with van der Waals surface area (Å²) in [6.45, 7) is 0. The zero-order valence-electron chi connectivity index (χ0n) is 18.0. The Labute approximate surface area is 214 Å². The monoisotopic (exact) mass is 605 g/mol. The summed E-state index contributed by atoms with van der Waals surface area (Å²) in [6.07, 6.45) is 1.31. The van der Waals surface area contributed by atoms with Crippen LogP contribution in [0, 0.1) is 25.0 Å². The lowest BCUT2D eigenvalue weighted by atomic mass is 10.1. The van der Waals surface area contributed by atoms with Crippen molar-refractivity contribution in [1.29, 1.82) is 5.26 Å². The number of nitro benzene ring substituents is 1. The van der Waals surface area contributed by atoms with E-state index in [1.165, 1.54) is 37.5 Å². The molecular weight excluding hydrogens is 589 g/mol. The number of anilines is 1. The van der Waals surface area contributed by atoms with Gasteiger partial charge in [-0.25, -0.2) is 0 Å². The summed E-state index contributed by atoms with van der Waals surface area (Å²) < 4.78 is 36.4. The van der Waals surface area contributed by atoms with Gasteiger partial charge in [-0.1, -0.05) is 24.3 Å². The number of nitriles is 1. The number of ether oxygens (including phenoxy) is 1. The van der Waals surface area contributed by atoms with Crippen LogP contribution < -0.4 is 14.2 Å². The van der Waals surface area contributed by atoms with E-state index in [9.17, 15) is 28.6 Å². The number of halogens is 1. The number of rotatable bonds is 8. The highest BCUT2D eigenvalue weighted by Gasteiger charge is 2.22. The maximum Gasteiger partial charge on any atom is 0.339 e. The van der Waals surface area contributed by atoms with E-state index < -0.39 is 31.5 Å². The molecule has 0 aliphatic rings. The Kier molecular flexibility index (Phi) is 8.05. The highest BCUT2D eigenvalue weighted by Crippen LogP contribution is 2.32. The first-order chi connectivity index (χ1) is 16.6. The number of carbonyl (C=O) groups excluding carboxylic acids is 1. The Morgan fingerprint density at radius 3 is 2.51 bits per heavy atom. The lowest BCUT2D eigenvalue weighted by molar-refractivity contribution is -0.385. The van der Waals surface area contributed by atoms with E-state index in [0.717, 1.165) is 21.8 Å². The molecule has 0 heterocycles. The van der Waals surface area contributed by atoms with E-state index in [-0.39, 0.29) is 17.1 Å². The number of amides is 1. The van der Waals surface area contributed by atoms with Crippen LogP contribution in [0.1, 0.15) is 5.56 Å². The smallest absolute Gasteiger partial charge is 0.339 e. The average Bonchev–Trinajstić information content (AvgIpc) is 2.84. The number of hydrogen-bond donors (Lipinski definition) is 1. The van der Waals surface area contributed by atoms with Gasteiger partial charge in [-0.2, -0.15) is 13.7 Å². The number of nitro groups is 1. The molecule has 35 heavy (non-hydrogen) atoms. The van der Waals surface area contributed by atoms with E-state index in [4.69, 9.17) is 8.92 Å². The second-order valence-corrected chi connectivity index (χ2v) is 9.51.